The van der Waals surface area contributed by atoms with E-state index in [9.17, 15) is 14.4 Å². The third kappa shape index (κ3) is 5.90. The van der Waals surface area contributed by atoms with E-state index in [4.69, 9.17) is 5.11 Å². The summed E-state index contributed by atoms with van der Waals surface area (Å²) in [6, 6.07) is -2.01. The van der Waals surface area contributed by atoms with Gasteiger partial charge in [0, 0.05) is 6.04 Å². The summed E-state index contributed by atoms with van der Waals surface area (Å²) in [6.45, 7) is 3.52. The molecule has 0 aromatic carbocycles. The maximum absolute atomic E-state index is 11.7. The van der Waals surface area contributed by atoms with Gasteiger partial charge in [-0.05, 0) is 26.2 Å². The van der Waals surface area contributed by atoms with E-state index in [1.807, 2.05) is 6.92 Å². The zero-order chi connectivity index (χ0) is 15.1. The number of hydrogen-bond donors (Lipinski definition) is 4. The molecule has 1 fully saturated rings. The minimum absolute atomic E-state index is 0.228. The first-order valence-corrected chi connectivity index (χ1v) is 7.04. The SMILES string of the molecule is CCCCC(NC(=O)NC(C)C(=O)NC1CC1)C(=O)O. The Labute approximate surface area is 118 Å². The van der Waals surface area contributed by atoms with Gasteiger partial charge in [-0.15, -0.1) is 0 Å². The molecule has 0 aliphatic heterocycles. The summed E-state index contributed by atoms with van der Waals surface area (Å²) in [6.07, 6.45) is 3.90. The monoisotopic (exact) mass is 285 g/mol. The van der Waals surface area contributed by atoms with Gasteiger partial charge in [0.25, 0.3) is 0 Å². The number of carbonyl (C=O) groups is 3. The smallest absolute Gasteiger partial charge is 0.326 e. The maximum atomic E-state index is 11.7. The molecule has 1 rings (SSSR count). The van der Waals surface area contributed by atoms with Crippen LogP contribution in [0.15, 0.2) is 0 Å². The first kappa shape index (κ1) is 16.3. The van der Waals surface area contributed by atoms with Crippen molar-refractivity contribution in [1.29, 1.82) is 0 Å². The second kappa shape index (κ2) is 7.72. The highest BCUT2D eigenvalue weighted by atomic mass is 16.4. The van der Waals surface area contributed by atoms with Crippen molar-refractivity contribution in [3.05, 3.63) is 0 Å². The maximum Gasteiger partial charge on any atom is 0.326 e. The van der Waals surface area contributed by atoms with E-state index in [1.165, 1.54) is 0 Å². The molecule has 1 aliphatic rings. The van der Waals surface area contributed by atoms with Gasteiger partial charge in [-0.3, -0.25) is 4.79 Å². The molecule has 1 saturated carbocycles. The molecule has 1 aliphatic carbocycles. The topological polar surface area (TPSA) is 108 Å². The van der Waals surface area contributed by atoms with Gasteiger partial charge in [-0.25, -0.2) is 9.59 Å². The summed E-state index contributed by atoms with van der Waals surface area (Å²) < 4.78 is 0. The van der Waals surface area contributed by atoms with Crippen LogP contribution in [0.3, 0.4) is 0 Å². The first-order valence-electron chi connectivity index (χ1n) is 7.04. The molecule has 0 bridgehead atoms. The number of nitrogens with one attached hydrogen (secondary N) is 3. The zero-order valence-corrected chi connectivity index (χ0v) is 11.9. The van der Waals surface area contributed by atoms with Gasteiger partial charge >= 0.3 is 12.0 Å². The Morgan fingerprint density at radius 3 is 2.40 bits per heavy atom. The highest BCUT2D eigenvalue weighted by Gasteiger charge is 2.27. The summed E-state index contributed by atoms with van der Waals surface area (Å²) in [5, 5.41) is 16.6. The van der Waals surface area contributed by atoms with Crippen molar-refractivity contribution in [3.8, 4) is 0 Å². The van der Waals surface area contributed by atoms with E-state index in [2.05, 4.69) is 16.0 Å². The molecule has 2 unspecified atom stereocenters. The molecule has 0 aromatic heterocycles. The molecular formula is C13H23N3O4. The molecule has 3 amide bonds. The molecule has 0 heterocycles. The Morgan fingerprint density at radius 1 is 1.25 bits per heavy atom. The molecule has 114 valence electrons. The Kier molecular flexibility index (Phi) is 6.27. The van der Waals surface area contributed by atoms with Crippen LogP contribution in [-0.2, 0) is 9.59 Å². The summed E-state index contributed by atoms with van der Waals surface area (Å²) in [4.78, 5) is 34.3. The Balaban J connectivity index is 2.35. The number of carbonyl (C=O) groups excluding carboxylic acids is 2. The number of carboxylic acids is 1. The van der Waals surface area contributed by atoms with Gasteiger partial charge < -0.3 is 21.1 Å². The fourth-order valence-electron chi connectivity index (χ4n) is 1.68. The lowest BCUT2D eigenvalue weighted by Crippen LogP contribution is -2.52. The summed E-state index contributed by atoms with van der Waals surface area (Å²) in [7, 11) is 0. The number of urea groups is 1. The van der Waals surface area contributed by atoms with Crippen LogP contribution in [0.2, 0.25) is 0 Å². The zero-order valence-electron chi connectivity index (χ0n) is 11.9. The molecule has 4 N–H and O–H groups in total. The molecule has 2 atom stereocenters. The molecule has 0 spiro atoms. The van der Waals surface area contributed by atoms with Crippen molar-refractivity contribution in [3.63, 3.8) is 0 Å². The Morgan fingerprint density at radius 2 is 1.90 bits per heavy atom. The van der Waals surface area contributed by atoms with Crippen molar-refractivity contribution < 1.29 is 19.5 Å². The van der Waals surface area contributed by atoms with Crippen LogP contribution in [0.5, 0.6) is 0 Å². The Hall–Kier alpha value is -1.79. The standard InChI is InChI=1S/C13H23N3O4/c1-3-4-5-10(12(18)19)16-13(20)14-8(2)11(17)15-9-6-7-9/h8-10H,3-7H2,1-2H3,(H,15,17)(H,18,19)(H2,14,16,20). The van der Waals surface area contributed by atoms with E-state index in [1.54, 1.807) is 6.92 Å². The van der Waals surface area contributed by atoms with Gasteiger partial charge in [-0.1, -0.05) is 19.8 Å². The van der Waals surface area contributed by atoms with Gasteiger partial charge in [0.2, 0.25) is 5.91 Å². The number of carboxylic acid groups (broad SMARTS) is 1. The third-order valence-electron chi connectivity index (χ3n) is 3.11. The van der Waals surface area contributed by atoms with E-state index < -0.39 is 24.1 Å². The molecule has 0 aromatic rings. The van der Waals surface area contributed by atoms with Gasteiger partial charge in [-0.2, -0.15) is 0 Å². The summed E-state index contributed by atoms with van der Waals surface area (Å²) >= 11 is 0. The molecule has 7 heteroatoms. The Bertz CT molecular complexity index is 369. The predicted molar refractivity (Wildman–Crippen MR) is 73.2 cm³/mol. The molecule has 0 radical (unpaired) electrons. The third-order valence-corrected chi connectivity index (χ3v) is 3.11. The lowest BCUT2D eigenvalue weighted by atomic mass is 10.1. The van der Waals surface area contributed by atoms with Crippen LogP contribution < -0.4 is 16.0 Å². The van der Waals surface area contributed by atoms with Crippen LogP contribution in [-0.4, -0.2) is 41.1 Å². The van der Waals surface area contributed by atoms with E-state index in [0.29, 0.717) is 6.42 Å². The quantitative estimate of drug-likeness (QED) is 0.523. The molecule has 0 saturated heterocycles. The van der Waals surface area contributed by atoms with Gasteiger partial charge in [0.1, 0.15) is 12.1 Å². The molecule has 20 heavy (non-hydrogen) atoms. The fourth-order valence-corrected chi connectivity index (χ4v) is 1.68. The van der Waals surface area contributed by atoms with Crippen LogP contribution in [0.4, 0.5) is 4.79 Å². The van der Waals surface area contributed by atoms with Crippen molar-refractivity contribution in [2.45, 2.75) is 64.1 Å². The van der Waals surface area contributed by atoms with Crippen molar-refractivity contribution in [1.82, 2.24) is 16.0 Å². The van der Waals surface area contributed by atoms with Crippen molar-refractivity contribution >= 4 is 17.9 Å². The van der Waals surface area contributed by atoms with E-state index in [-0.39, 0.29) is 11.9 Å². The van der Waals surface area contributed by atoms with Gasteiger partial charge in [0.05, 0.1) is 0 Å². The van der Waals surface area contributed by atoms with Crippen molar-refractivity contribution in [2.75, 3.05) is 0 Å². The summed E-state index contributed by atoms with van der Waals surface area (Å²) in [5.74, 6) is -1.31. The lowest BCUT2D eigenvalue weighted by Gasteiger charge is -2.18. The largest absolute Gasteiger partial charge is 0.480 e. The van der Waals surface area contributed by atoms with E-state index >= 15 is 0 Å². The predicted octanol–water partition coefficient (Wildman–Crippen LogP) is 0.596. The highest BCUT2D eigenvalue weighted by Crippen LogP contribution is 2.18. The van der Waals surface area contributed by atoms with Crippen LogP contribution in [0.25, 0.3) is 0 Å². The van der Waals surface area contributed by atoms with Gasteiger partial charge in [0.15, 0.2) is 0 Å². The fraction of sp³-hybridized carbons (Fsp3) is 0.769. The number of amides is 3. The summed E-state index contributed by atoms with van der Waals surface area (Å²) in [5.41, 5.74) is 0. The number of aliphatic carboxylic acids is 1. The average molecular weight is 285 g/mol. The normalized spacial score (nSPS) is 16.9. The van der Waals surface area contributed by atoms with Crippen LogP contribution in [0.1, 0.15) is 46.0 Å². The van der Waals surface area contributed by atoms with Crippen molar-refractivity contribution in [2.24, 2.45) is 0 Å². The highest BCUT2D eigenvalue weighted by molar-refractivity contribution is 5.88. The van der Waals surface area contributed by atoms with E-state index in [0.717, 1.165) is 25.7 Å². The number of unbranched alkanes of at least 4 members (excludes halogenated alkanes) is 1. The lowest BCUT2D eigenvalue weighted by molar-refractivity contribution is -0.139. The average Bonchev–Trinajstić information content (AvgIpc) is 3.17. The number of hydrogen-bond acceptors (Lipinski definition) is 3. The minimum Gasteiger partial charge on any atom is -0.480 e. The molecule has 7 nitrogen and oxygen atoms in total. The van der Waals surface area contributed by atoms with Crippen LogP contribution >= 0.6 is 0 Å². The second-order valence-electron chi connectivity index (χ2n) is 5.16. The minimum atomic E-state index is -1.07. The second-order valence-corrected chi connectivity index (χ2v) is 5.16. The molecular weight excluding hydrogens is 262 g/mol. The first-order chi connectivity index (χ1) is 9.43. The number of rotatable bonds is 8. The van der Waals surface area contributed by atoms with Crippen LogP contribution in [0, 0.1) is 0 Å².